The van der Waals surface area contributed by atoms with E-state index in [1.54, 1.807) is 6.07 Å². The highest BCUT2D eigenvalue weighted by Crippen LogP contribution is 2.16. The number of rotatable bonds is 4. The molecule has 0 aliphatic rings. The van der Waals surface area contributed by atoms with Crippen molar-refractivity contribution in [1.82, 2.24) is 9.55 Å². The van der Waals surface area contributed by atoms with E-state index >= 15 is 0 Å². The molecule has 2 aromatic carbocycles. The molecule has 4 heteroatoms. The maximum Gasteiger partial charge on any atom is 0.125 e. The molecule has 0 saturated carbocycles. The van der Waals surface area contributed by atoms with Crippen molar-refractivity contribution in [1.29, 1.82) is 0 Å². The molecule has 0 spiro atoms. The van der Waals surface area contributed by atoms with Crippen LogP contribution >= 0.6 is 0 Å². The van der Waals surface area contributed by atoms with Crippen molar-refractivity contribution in [2.75, 3.05) is 5.32 Å². The number of benzene rings is 2. The maximum atomic E-state index is 13.2. The summed E-state index contributed by atoms with van der Waals surface area (Å²) >= 11 is 0. The number of imidazole rings is 1. The molecule has 0 aliphatic carbocycles. The second-order valence-electron chi connectivity index (χ2n) is 4.83. The SMILES string of the molecule is Cc1ncc(CNc2cccc(F)c2)n1-c1ccccc1. The van der Waals surface area contributed by atoms with Crippen LogP contribution in [0, 0.1) is 12.7 Å². The molecule has 3 aromatic rings. The van der Waals surface area contributed by atoms with Gasteiger partial charge in [-0.05, 0) is 37.3 Å². The molecule has 0 bridgehead atoms. The quantitative estimate of drug-likeness (QED) is 0.785. The van der Waals surface area contributed by atoms with Gasteiger partial charge >= 0.3 is 0 Å². The highest BCUT2D eigenvalue weighted by atomic mass is 19.1. The van der Waals surface area contributed by atoms with Crippen LogP contribution < -0.4 is 5.32 Å². The number of hydrogen-bond acceptors (Lipinski definition) is 2. The van der Waals surface area contributed by atoms with Gasteiger partial charge in [-0.3, -0.25) is 4.57 Å². The maximum absolute atomic E-state index is 13.2. The van der Waals surface area contributed by atoms with Crippen LogP contribution in [-0.4, -0.2) is 9.55 Å². The Hall–Kier alpha value is -2.62. The Balaban J connectivity index is 1.84. The van der Waals surface area contributed by atoms with Gasteiger partial charge in [0.15, 0.2) is 0 Å². The number of halogens is 1. The summed E-state index contributed by atoms with van der Waals surface area (Å²) in [5.41, 5.74) is 2.86. The lowest BCUT2D eigenvalue weighted by molar-refractivity contribution is 0.628. The third-order valence-corrected chi connectivity index (χ3v) is 3.32. The molecule has 1 aromatic heterocycles. The third-order valence-electron chi connectivity index (χ3n) is 3.32. The number of aryl methyl sites for hydroxylation is 1. The first-order chi connectivity index (χ1) is 10.2. The second kappa shape index (κ2) is 5.79. The summed E-state index contributed by atoms with van der Waals surface area (Å²) < 4.78 is 15.3. The molecule has 0 fully saturated rings. The first-order valence-electron chi connectivity index (χ1n) is 6.82. The first kappa shape index (κ1) is 13.4. The van der Waals surface area contributed by atoms with Crippen LogP contribution in [0.3, 0.4) is 0 Å². The highest BCUT2D eigenvalue weighted by molar-refractivity contribution is 5.44. The van der Waals surface area contributed by atoms with E-state index in [4.69, 9.17) is 0 Å². The van der Waals surface area contributed by atoms with Crippen molar-refractivity contribution in [3.63, 3.8) is 0 Å². The highest BCUT2D eigenvalue weighted by Gasteiger charge is 2.08. The minimum absolute atomic E-state index is 0.243. The second-order valence-corrected chi connectivity index (χ2v) is 4.83. The summed E-state index contributed by atoms with van der Waals surface area (Å²) in [4.78, 5) is 4.37. The Labute approximate surface area is 123 Å². The van der Waals surface area contributed by atoms with Crippen molar-refractivity contribution in [3.8, 4) is 5.69 Å². The number of hydrogen-bond donors (Lipinski definition) is 1. The average molecular weight is 281 g/mol. The van der Waals surface area contributed by atoms with E-state index in [0.29, 0.717) is 6.54 Å². The Kier molecular flexibility index (Phi) is 3.69. The van der Waals surface area contributed by atoms with Crippen molar-refractivity contribution < 1.29 is 4.39 Å². The molecule has 0 unspecified atom stereocenters. The number of para-hydroxylation sites is 1. The Morgan fingerprint density at radius 2 is 1.90 bits per heavy atom. The fraction of sp³-hybridized carbons (Fsp3) is 0.118. The van der Waals surface area contributed by atoms with Crippen LogP contribution in [0.2, 0.25) is 0 Å². The van der Waals surface area contributed by atoms with E-state index in [1.807, 2.05) is 49.5 Å². The Bertz CT molecular complexity index is 735. The fourth-order valence-corrected chi connectivity index (χ4v) is 2.34. The smallest absolute Gasteiger partial charge is 0.125 e. The summed E-state index contributed by atoms with van der Waals surface area (Å²) in [6, 6.07) is 16.5. The van der Waals surface area contributed by atoms with Crippen LogP contribution in [0.1, 0.15) is 11.5 Å². The van der Waals surface area contributed by atoms with E-state index in [1.165, 1.54) is 12.1 Å². The van der Waals surface area contributed by atoms with Gasteiger partial charge in [0.25, 0.3) is 0 Å². The van der Waals surface area contributed by atoms with Gasteiger partial charge in [-0.15, -0.1) is 0 Å². The molecule has 0 amide bonds. The van der Waals surface area contributed by atoms with Gasteiger partial charge in [0.1, 0.15) is 11.6 Å². The van der Waals surface area contributed by atoms with E-state index in [-0.39, 0.29) is 5.82 Å². The zero-order valence-electron chi connectivity index (χ0n) is 11.8. The first-order valence-corrected chi connectivity index (χ1v) is 6.82. The molecular weight excluding hydrogens is 265 g/mol. The van der Waals surface area contributed by atoms with Gasteiger partial charge in [-0.25, -0.2) is 9.37 Å². The van der Waals surface area contributed by atoms with Gasteiger partial charge in [-0.1, -0.05) is 24.3 Å². The zero-order chi connectivity index (χ0) is 14.7. The Morgan fingerprint density at radius 3 is 2.67 bits per heavy atom. The topological polar surface area (TPSA) is 29.9 Å². The van der Waals surface area contributed by atoms with Gasteiger partial charge in [0.05, 0.1) is 18.4 Å². The molecule has 1 heterocycles. The molecule has 1 N–H and O–H groups in total. The number of aromatic nitrogens is 2. The fourth-order valence-electron chi connectivity index (χ4n) is 2.34. The lowest BCUT2D eigenvalue weighted by atomic mass is 10.3. The molecular formula is C17H16FN3. The minimum Gasteiger partial charge on any atom is -0.379 e. The van der Waals surface area contributed by atoms with E-state index < -0.39 is 0 Å². The molecule has 0 atom stereocenters. The van der Waals surface area contributed by atoms with Crippen LogP contribution in [0.4, 0.5) is 10.1 Å². The number of nitrogens with zero attached hydrogens (tertiary/aromatic N) is 2. The van der Waals surface area contributed by atoms with Gasteiger partial charge in [0, 0.05) is 11.4 Å². The van der Waals surface area contributed by atoms with Gasteiger partial charge in [0.2, 0.25) is 0 Å². The average Bonchev–Trinajstić information content (AvgIpc) is 2.87. The van der Waals surface area contributed by atoms with Crippen molar-refractivity contribution >= 4 is 5.69 Å². The summed E-state index contributed by atoms with van der Waals surface area (Å²) in [6.07, 6.45) is 1.84. The number of anilines is 1. The molecule has 106 valence electrons. The summed E-state index contributed by atoms with van der Waals surface area (Å²) in [7, 11) is 0. The van der Waals surface area contributed by atoms with E-state index in [9.17, 15) is 4.39 Å². The van der Waals surface area contributed by atoms with E-state index in [0.717, 1.165) is 22.9 Å². The summed E-state index contributed by atoms with van der Waals surface area (Å²) in [6.45, 7) is 2.55. The molecule has 21 heavy (non-hydrogen) atoms. The molecule has 0 aliphatic heterocycles. The number of nitrogens with one attached hydrogen (secondary N) is 1. The molecule has 0 radical (unpaired) electrons. The molecule has 3 nitrogen and oxygen atoms in total. The minimum atomic E-state index is -0.243. The molecule has 3 rings (SSSR count). The van der Waals surface area contributed by atoms with Gasteiger partial charge < -0.3 is 5.32 Å². The van der Waals surface area contributed by atoms with Crippen LogP contribution in [0.25, 0.3) is 5.69 Å². The predicted octanol–water partition coefficient (Wildman–Crippen LogP) is 3.93. The van der Waals surface area contributed by atoms with Crippen LogP contribution in [0.5, 0.6) is 0 Å². The lowest BCUT2D eigenvalue weighted by Crippen LogP contribution is -2.07. The molecule has 0 saturated heterocycles. The van der Waals surface area contributed by atoms with Crippen molar-refractivity contribution in [2.24, 2.45) is 0 Å². The zero-order valence-corrected chi connectivity index (χ0v) is 11.8. The normalized spacial score (nSPS) is 10.6. The standard InChI is InChI=1S/C17H16FN3/c1-13-19-11-17(21(13)16-8-3-2-4-9-16)12-20-15-7-5-6-14(18)10-15/h2-11,20H,12H2,1H3. The Morgan fingerprint density at radius 1 is 1.10 bits per heavy atom. The van der Waals surface area contributed by atoms with E-state index in [2.05, 4.69) is 14.9 Å². The van der Waals surface area contributed by atoms with Gasteiger partial charge in [-0.2, -0.15) is 0 Å². The third kappa shape index (κ3) is 2.94. The lowest BCUT2D eigenvalue weighted by Gasteiger charge is -2.12. The van der Waals surface area contributed by atoms with Crippen LogP contribution in [0.15, 0.2) is 60.8 Å². The summed E-state index contributed by atoms with van der Waals surface area (Å²) in [5, 5.41) is 3.22. The predicted molar refractivity (Wildman–Crippen MR) is 82.0 cm³/mol. The largest absolute Gasteiger partial charge is 0.379 e. The monoisotopic (exact) mass is 281 g/mol. The van der Waals surface area contributed by atoms with Crippen molar-refractivity contribution in [3.05, 3.63) is 78.1 Å². The van der Waals surface area contributed by atoms with Crippen LogP contribution in [-0.2, 0) is 6.54 Å². The summed E-state index contributed by atoms with van der Waals surface area (Å²) in [5.74, 6) is 0.685. The van der Waals surface area contributed by atoms with Crippen molar-refractivity contribution in [2.45, 2.75) is 13.5 Å².